The van der Waals surface area contributed by atoms with Crippen LogP contribution in [0.5, 0.6) is 0 Å². The van der Waals surface area contributed by atoms with E-state index in [-0.39, 0.29) is 0 Å². The van der Waals surface area contributed by atoms with E-state index >= 15 is 0 Å². The molecule has 1 aliphatic rings. The van der Waals surface area contributed by atoms with Gasteiger partial charge in [0.25, 0.3) is 0 Å². The Hall–Kier alpha value is -2.61. The van der Waals surface area contributed by atoms with Crippen LogP contribution in [0.4, 0.5) is 0 Å². The Kier molecular flexibility index (Phi) is 7.09. The molecule has 0 saturated carbocycles. The first kappa shape index (κ1) is 22.2. The lowest BCUT2D eigenvalue weighted by atomic mass is 10.1. The van der Waals surface area contributed by atoms with Crippen molar-refractivity contribution >= 4 is 23.4 Å². The van der Waals surface area contributed by atoms with Gasteiger partial charge in [0.05, 0.1) is 25.0 Å². The quantitative estimate of drug-likeness (QED) is 0.293. The molecule has 3 heterocycles. The zero-order chi connectivity index (χ0) is 22.5. The predicted molar refractivity (Wildman–Crippen MR) is 131 cm³/mol. The average molecular weight is 480 g/mol. The van der Waals surface area contributed by atoms with Crippen LogP contribution in [-0.2, 0) is 18.8 Å². The van der Waals surface area contributed by atoms with Crippen LogP contribution in [0, 0.1) is 0 Å². The van der Waals surface area contributed by atoms with E-state index in [4.69, 9.17) is 16.0 Å². The van der Waals surface area contributed by atoms with Crippen LogP contribution < -0.4 is 0 Å². The molecule has 2 aromatic carbocycles. The number of thioether (sulfide) groups is 1. The van der Waals surface area contributed by atoms with E-state index < -0.39 is 0 Å². The molecular weight excluding hydrogens is 454 g/mol. The fraction of sp³-hybridized carbons (Fsp3) is 0.320. The zero-order valence-corrected chi connectivity index (χ0v) is 19.9. The normalized spacial score (nSPS) is 14.6. The molecule has 0 radical (unpaired) electrons. The van der Waals surface area contributed by atoms with Crippen molar-refractivity contribution in [3.8, 4) is 11.3 Å². The Labute approximate surface area is 203 Å². The lowest BCUT2D eigenvalue weighted by molar-refractivity contribution is 0.213. The van der Waals surface area contributed by atoms with Crippen molar-refractivity contribution in [3.63, 3.8) is 0 Å². The molecule has 1 fully saturated rings. The highest BCUT2D eigenvalue weighted by Gasteiger charge is 2.19. The van der Waals surface area contributed by atoms with E-state index in [1.807, 2.05) is 30.3 Å². The van der Waals surface area contributed by atoms with Gasteiger partial charge in [-0.25, -0.2) is 4.98 Å². The van der Waals surface area contributed by atoms with Gasteiger partial charge in [0.1, 0.15) is 5.82 Å². The smallest absolute Gasteiger partial charge is 0.205 e. The van der Waals surface area contributed by atoms with Crippen molar-refractivity contribution in [2.75, 3.05) is 13.1 Å². The van der Waals surface area contributed by atoms with E-state index in [0.29, 0.717) is 16.7 Å². The predicted octanol–water partition coefficient (Wildman–Crippen LogP) is 5.91. The molecule has 0 amide bonds. The van der Waals surface area contributed by atoms with Crippen LogP contribution in [0.15, 0.2) is 70.4 Å². The van der Waals surface area contributed by atoms with Crippen molar-refractivity contribution in [2.45, 2.75) is 43.3 Å². The number of likely N-dealkylation sites (tertiary alicyclic amines) is 1. The molecule has 0 aliphatic carbocycles. The molecule has 0 N–H and O–H groups in total. The van der Waals surface area contributed by atoms with Gasteiger partial charge in [0.2, 0.25) is 5.89 Å². The van der Waals surface area contributed by atoms with Crippen molar-refractivity contribution in [2.24, 2.45) is 0 Å². The van der Waals surface area contributed by atoms with Crippen LogP contribution in [0.2, 0.25) is 5.02 Å². The van der Waals surface area contributed by atoms with E-state index in [2.05, 4.69) is 48.9 Å². The van der Waals surface area contributed by atoms with Crippen LogP contribution in [-0.4, -0.2) is 37.7 Å². The second-order valence-electron chi connectivity index (χ2n) is 8.22. The maximum Gasteiger partial charge on any atom is 0.205 e. The third-order valence-electron chi connectivity index (χ3n) is 5.80. The highest BCUT2D eigenvalue weighted by Crippen LogP contribution is 2.27. The number of nitrogens with zero attached hydrogens (tertiary/aromatic N) is 5. The Morgan fingerprint density at radius 2 is 1.70 bits per heavy atom. The number of benzene rings is 2. The van der Waals surface area contributed by atoms with Gasteiger partial charge in [-0.2, -0.15) is 0 Å². The molecule has 5 rings (SSSR count). The van der Waals surface area contributed by atoms with Gasteiger partial charge >= 0.3 is 0 Å². The molecule has 6 nitrogen and oxygen atoms in total. The van der Waals surface area contributed by atoms with Gasteiger partial charge in [-0.1, -0.05) is 60.1 Å². The molecule has 2 aromatic heterocycles. The summed E-state index contributed by atoms with van der Waals surface area (Å²) in [5.41, 5.74) is 2.19. The summed E-state index contributed by atoms with van der Waals surface area (Å²) in [5, 5.41) is 10.7. The first-order chi connectivity index (χ1) is 16.2. The maximum atomic E-state index is 5.99. The van der Waals surface area contributed by atoms with Crippen LogP contribution >= 0.6 is 23.4 Å². The molecule has 1 aliphatic heterocycles. The fourth-order valence-corrected chi connectivity index (χ4v) is 4.97. The molecule has 4 aromatic rings. The average Bonchev–Trinajstić information content (AvgIpc) is 3.47. The summed E-state index contributed by atoms with van der Waals surface area (Å²) in [5.74, 6) is 3.00. The first-order valence-corrected chi connectivity index (χ1v) is 12.6. The number of oxazole rings is 1. The molecular formula is C25H26ClN5OS. The summed E-state index contributed by atoms with van der Waals surface area (Å²) in [7, 11) is 0. The number of halogens is 1. The minimum atomic E-state index is 0.588. The molecule has 0 atom stereocenters. The van der Waals surface area contributed by atoms with E-state index in [0.717, 1.165) is 48.5 Å². The van der Waals surface area contributed by atoms with Gasteiger partial charge < -0.3 is 8.98 Å². The van der Waals surface area contributed by atoms with E-state index in [9.17, 15) is 0 Å². The van der Waals surface area contributed by atoms with Crippen molar-refractivity contribution < 1.29 is 4.42 Å². The first-order valence-electron chi connectivity index (χ1n) is 11.3. The number of aromatic nitrogens is 4. The fourth-order valence-electron chi connectivity index (χ4n) is 4.04. The molecule has 33 heavy (non-hydrogen) atoms. The van der Waals surface area contributed by atoms with Crippen molar-refractivity contribution in [1.82, 2.24) is 24.6 Å². The summed E-state index contributed by atoms with van der Waals surface area (Å²) in [4.78, 5) is 6.94. The van der Waals surface area contributed by atoms with Gasteiger partial charge in [-0.3, -0.25) is 4.90 Å². The summed E-state index contributed by atoms with van der Waals surface area (Å²) >= 11 is 7.60. The second-order valence-corrected chi connectivity index (χ2v) is 9.60. The van der Waals surface area contributed by atoms with Crippen LogP contribution in [0.3, 0.4) is 0 Å². The maximum absolute atomic E-state index is 5.99. The summed E-state index contributed by atoms with van der Waals surface area (Å²) in [6.45, 7) is 3.84. The van der Waals surface area contributed by atoms with Crippen molar-refractivity contribution in [3.05, 3.63) is 83.1 Å². The molecule has 8 heteroatoms. The summed E-state index contributed by atoms with van der Waals surface area (Å²) in [6, 6.07) is 18.0. The topological polar surface area (TPSA) is 60.0 Å². The molecule has 1 saturated heterocycles. The van der Waals surface area contributed by atoms with Gasteiger partial charge in [-0.05, 0) is 55.8 Å². The molecule has 170 valence electrons. The summed E-state index contributed by atoms with van der Waals surface area (Å²) < 4.78 is 8.21. The minimum absolute atomic E-state index is 0.588. The van der Waals surface area contributed by atoms with Gasteiger partial charge in [-0.15, -0.1) is 10.2 Å². The largest absolute Gasteiger partial charge is 0.440 e. The molecule has 0 spiro atoms. The van der Waals surface area contributed by atoms with Crippen molar-refractivity contribution in [1.29, 1.82) is 0 Å². The zero-order valence-electron chi connectivity index (χ0n) is 18.4. The SMILES string of the molecule is Clc1ccc(-c2cnc(CSc3nnc(CN4CCCCC4)n3Cc3ccccc3)o2)cc1. The number of hydrogen-bond donors (Lipinski definition) is 0. The van der Waals surface area contributed by atoms with Crippen LogP contribution in [0.25, 0.3) is 11.3 Å². The van der Waals surface area contributed by atoms with Gasteiger partial charge in [0, 0.05) is 10.6 Å². The third-order valence-corrected chi connectivity index (χ3v) is 7.00. The summed E-state index contributed by atoms with van der Waals surface area (Å²) in [6.07, 6.45) is 5.60. The highest BCUT2D eigenvalue weighted by molar-refractivity contribution is 7.98. The lowest BCUT2D eigenvalue weighted by Crippen LogP contribution is -2.30. The van der Waals surface area contributed by atoms with Crippen LogP contribution in [0.1, 0.15) is 36.5 Å². The van der Waals surface area contributed by atoms with Gasteiger partial charge in [0.15, 0.2) is 10.9 Å². The number of rotatable bonds is 8. The Balaban J connectivity index is 1.32. The highest BCUT2D eigenvalue weighted by atomic mass is 35.5. The number of piperidine rings is 1. The molecule has 0 unspecified atom stereocenters. The van der Waals surface area contributed by atoms with E-state index in [1.165, 1.54) is 24.8 Å². The third kappa shape index (κ3) is 5.66. The monoisotopic (exact) mass is 479 g/mol. The lowest BCUT2D eigenvalue weighted by Gasteiger charge is -2.26. The Morgan fingerprint density at radius 1 is 0.909 bits per heavy atom. The Morgan fingerprint density at radius 3 is 2.48 bits per heavy atom. The second kappa shape index (κ2) is 10.5. The minimum Gasteiger partial charge on any atom is -0.440 e. The van der Waals surface area contributed by atoms with E-state index in [1.54, 1.807) is 18.0 Å². The number of hydrogen-bond acceptors (Lipinski definition) is 6. The standard InChI is InChI=1S/C25H26ClN5OS/c26-21-11-9-20(10-12-21)22-15-27-24(32-22)18-33-25-29-28-23(17-30-13-5-2-6-14-30)31(25)16-19-7-3-1-4-8-19/h1,3-4,7-12,15H,2,5-6,13-14,16-18H2. The Bertz CT molecular complexity index is 1170. The molecule has 0 bridgehead atoms.